The Bertz CT molecular complexity index is 742. The molecule has 1 N–H and O–H groups in total. The predicted molar refractivity (Wildman–Crippen MR) is 86.7 cm³/mol. The molecule has 8 heteroatoms. The topological polar surface area (TPSA) is 54.5 Å². The molecule has 132 valence electrons. The van der Waals surface area contributed by atoms with Gasteiger partial charge in [0.2, 0.25) is 0 Å². The van der Waals surface area contributed by atoms with Gasteiger partial charge in [0.05, 0.1) is 36.2 Å². The lowest BCUT2D eigenvalue weighted by Gasteiger charge is -2.28. The van der Waals surface area contributed by atoms with Gasteiger partial charge in [-0.05, 0) is 30.3 Å². The molecule has 0 unspecified atom stereocenters. The molecule has 1 amide bonds. The Labute approximate surface area is 142 Å². The molecule has 25 heavy (non-hydrogen) atoms. The minimum absolute atomic E-state index is 0.287. The molecule has 1 aromatic carbocycles. The Balaban J connectivity index is 1.70. The molecule has 0 aliphatic carbocycles. The van der Waals surface area contributed by atoms with Gasteiger partial charge in [0, 0.05) is 25.0 Å². The zero-order valence-corrected chi connectivity index (χ0v) is 13.2. The number of amides is 1. The highest BCUT2D eigenvalue weighted by Gasteiger charge is 2.30. The number of nitrogens with one attached hydrogen (secondary N) is 1. The number of halogens is 3. The monoisotopic (exact) mass is 351 g/mol. The number of hydrogen-bond donors (Lipinski definition) is 1. The summed E-state index contributed by atoms with van der Waals surface area (Å²) in [6.07, 6.45) is -1.32. The van der Waals surface area contributed by atoms with E-state index in [9.17, 15) is 18.0 Å². The van der Waals surface area contributed by atoms with Crippen LogP contribution in [0.15, 0.2) is 42.7 Å². The average Bonchev–Trinajstić information content (AvgIpc) is 2.62. The van der Waals surface area contributed by atoms with E-state index in [4.69, 9.17) is 4.74 Å². The lowest BCUT2D eigenvalue weighted by Crippen LogP contribution is -2.36. The van der Waals surface area contributed by atoms with Crippen LogP contribution in [0.1, 0.15) is 15.9 Å². The first-order valence-corrected chi connectivity index (χ1v) is 7.70. The molecule has 2 heterocycles. The maximum Gasteiger partial charge on any atom is 0.416 e. The largest absolute Gasteiger partial charge is 0.416 e. The maximum atomic E-state index is 12.6. The first-order valence-electron chi connectivity index (χ1n) is 7.70. The smallest absolute Gasteiger partial charge is 0.378 e. The number of hydrogen-bond acceptors (Lipinski definition) is 4. The molecule has 1 fully saturated rings. The van der Waals surface area contributed by atoms with Gasteiger partial charge in [0.1, 0.15) is 0 Å². The standard InChI is InChI=1S/C17H16F3N3O2/c18-17(19,20)13-1-3-14(4-2-13)22-16(24)12-9-15(11-21-10-12)23-5-7-25-8-6-23/h1-4,9-11H,5-8H2,(H,22,24). The molecule has 0 bridgehead atoms. The molecule has 1 aliphatic heterocycles. The number of benzene rings is 1. The summed E-state index contributed by atoms with van der Waals surface area (Å²) in [4.78, 5) is 18.5. The summed E-state index contributed by atoms with van der Waals surface area (Å²) in [7, 11) is 0. The van der Waals surface area contributed by atoms with Crippen molar-refractivity contribution in [3.05, 3.63) is 53.9 Å². The summed E-state index contributed by atoms with van der Waals surface area (Å²) >= 11 is 0. The van der Waals surface area contributed by atoms with Crippen LogP contribution in [0, 0.1) is 0 Å². The van der Waals surface area contributed by atoms with Gasteiger partial charge in [-0.15, -0.1) is 0 Å². The number of carbonyl (C=O) groups is 1. The van der Waals surface area contributed by atoms with Crippen molar-refractivity contribution in [2.24, 2.45) is 0 Å². The van der Waals surface area contributed by atoms with Gasteiger partial charge in [-0.1, -0.05) is 0 Å². The molecule has 1 aromatic heterocycles. The number of rotatable bonds is 3. The molecule has 5 nitrogen and oxygen atoms in total. The van der Waals surface area contributed by atoms with E-state index in [-0.39, 0.29) is 5.69 Å². The Kier molecular flexibility index (Phi) is 4.89. The van der Waals surface area contributed by atoms with Crippen molar-refractivity contribution in [3.63, 3.8) is 0 Å². The number of anilines is 2. The van der Waals surface area contributed by atoms with Crippen LogP contribution >= 0.6 is 0 Å². The first kappa shape index (κ1) is 17.2. The fraction of sp³-hybridized carbons (Fsp3) is 0.294. The summed E-state index contributed by atoms with van der Waals surface area (Å²) in [6, 6.07) is 6.01. The van der Waals surface area contributed by atoms with E-state index in [0.29, 0.717) is 31.9 Å². The number of ether oxygens (including phenoxy) is 1. The molecule has 1 saturated heterocycles. The van der Waals surface area contributed by atoms with Crippen molar-refractivity contribution in [2.75, 3.05) is 36.5 Å². The summed E-state index contributed by atoms with van der Waals surface area (Å²) < 4.78 is 43.0. The molecule has 0 saturated carbocycles. The molecule has 0 atom stereocenters. The van der Waals surface area contributed by atoms with Crippen LogP contribution in [-0.4, -0.2) is 37.2 Å². The second kappa shape index (κ2) is 7.10. The number of carbonyl (C=O) groups excluding carboxylic acids is 1. The number of alkyl halides is 3. The Morgan fingerprint density at radius 1 is 1.12 bits per heavy atom. The summed E-state index contributed by atoms with van der Waals surface area (Å²) in [5.74, 6) is -0.428. The van der Waals surface area contributed by atoms with Crippen molar-refractivity contribution in [2.45, 2.75) is 6.18 Å². The normalized spacial score (nSPS) is 15.1. The minimum atomic E-state index is -4.40. The lowest BCUT2D eigenvalue weighted by atomic mass is 10.2. The molecular formula is C17H16F3N3O2. The van der Waals surface area contributed by atoms with Gasteiger partial charge in [-0.3, -0.25) is 9.78 Å². The van der Waals surface area contributed by atoms with E-state index >= 15 is 0 Å². The molecule has 1 aliphatic rings. The zero-order chi connectivity index (χ0) is 17.9. The second-order valence-electron chi connectivity index (χ2n) is 5.56. The number of aromatic nitrogens is 1. The van der Waals surface area contributed by atoms with Gasteiger partial charge < -0.3 is 15.0 Å². The van der Waals surface area contributed by atoms with Gasteiger partial charge >= 0.3 is 6.18 Å². The first-order chi connectivity index (χ1) is 11.9. The Morgan fingerprint density at radius 3 is 2.44 bits per heavy atom. The molecule has 3 rings (SSSR count). The highest BCUT2D eigenvalue weighted by atomic mass is 19.4. The van der Waals surface area contributed by atoms with E-state index in [1.54, 1.807) is 12.3 Å². The van der Waals surface area contributed by atoms with Crippen LogP contribution in [0.4, 0.5) is 24.5 Å². The van der Waals surface area contributed by atoms with Gasteiger partial charge in [0.15, 0.2) is 0 Å². The Hall–Kier alpha value is -2.61. The number of morpholine rings is 1. The van der Waals surface area contributed by atoms with Crippen molar-refractivity contribution in [1.29, 1.82) is 0 Å². The Morgan fingerprint density at radius 2 is 1.80 bits per heavy atom. The van der Waals surface area contributed by atoms with Crippen LogP contribution < -0.4 is 10.2 Å². The molecule has 0 radical (unpaired) electrons. The third-order valence-corrected chi connectivity index (χ3v) is 3.83. The van der Waals surface area contributed by atoms with Gasteiger partial charge in [0.25, 0.3) is 5.91 Å². The van der Waals surface area contributed by atoms with Gasteiger partial charge in [-0.2, -0.15) is 13.2 Å². The van der Waals surface area contributed by atoms with Crippen molar-refractivity contribution < 1.29 is 22.7 Å². The van der Waals surface area contributed by atoms with E-state index in [1.165, 1.54) is 18.3 Å². The third-order valence-electron chi connectivity index (χ3n) is 3.83. The van der Waals surface area contributed by atoms with Crippen LogP contribution in [0.5, 0.6) is 0 Å². The highest BCUT2D eigenvalue weighted by Crippen LogP contribution is 2.29. The molecular weight excluding hydrogens is 335 g/mol. The maximum absolute atomic E-state index is 12.6. The van der Waals surface area contributed by atoms with Crippen LogP contribution in [0.3, 0.4) is 0 Å². The summed E-state index contributed by atoms with van der Waals surface area (Å²) in [5, 5.41) is 2.58. The highest BCUT2D eigenvalue weighted by molar-refractivity contribution is 6.04. The second-order valence-corrected chi connectivity index (χ2v) is 5.56. The third kappa shape index (κ3) is 4.27. The van der Waals surface area contributed by atoms with Crippen molar-refractivity contribution in [1.82, 2.24) is 4.98 Å². The van der Waals surface area contributed by atoms with E-state index in [0.717, 1.165) is 17.8 Å². The van der Waals surface area contributed by atoms with E-state index < -0.39 is 17.6 Å². The molecule has 2 aromatic rings. The SMILES string of the molecule is O=C(Nc1ccc(C(F)(F)F)cc1)c1cncc(N2CCOCC2)c1. The summed E-state index contributed by atoms with van der Waals surface area (Å²) in [5.41, 5.74) is 0.670. The fourth-order valence-corrected chi connectivity index (χ4v) is 2.49. The summed E-state index contributed by atoms with van der Waals surface area (Å²) in [6.45, 7) is 2.65. The quantitative estimate of drug-likeness (QED) is 0.923. The molecule has 0 spiro atoms. The number of pyridine rings is 1. The minimum Gasteiger partial charge on any atom is -0.378 e. The van der Waals surface area contributed by atoms with Gasteiger partial charge in [-0.25, -0.2) is 0 Å². The van der Waals surface area contributed by atoms with Crippen LogP contribution in [-0.2, 0) is 10.9 Å². The van der Waals surface area contributed by atoms with Crippen molar-refractivity contribution >= 4 is 17.3 Å². The lowest BCUT2D eigenvalue weighted by molar-refractivity contribution is -0.137. The van der Waals surface area contributed by atoms with Crippen molar-refractivity contribution in [3.8, 4) is 0 Å². The number of nitrogens with zero attached hydrogens (tertiary/aromatic N) is 2. The van der Waals surface area contributed by atoms with Crippen LogP contribution in [0.2, 0.25) is 0 Å². The van der Waals surface area contributed by atoms with E-state index in [2.05, 4.69) is 15.2 Å². The fourth-order valence-electron chi connectivity index (χ4n) is 2.49. The average molecular weight is 351 g/mol. The predicted octanol–water partition coefficient (Wildman–Crippen LogP) is 3.19. The van der Waals surface area contributed by atoms with E-state index in [1.807, 2.05) is 0 Å². The zero-order valence-electron chi connectivity index (χ0n) is 13.2. The van der Waals surface area contributed by atoms with Crippen LogP contribution in [0.25, 0.3) is 0 Å².